The topological polar surface area (TPSA) is 38.7 Å². The Morgan fingerprint density at radius 2 is 2.45 bits per heavy atom. The molecule has 1 fully saturated rings. The molecular weight excluding hydrogens is 144 g/mol. The summed E-state index contributed by atoms with van der Waals surface area (Å²) in [6.07, 6.45) is 2.81. The molecule has 66 valence electrons. The van der Waals surface area contributed by atoms with Crippen molar-refractivity contribution in [1.29, 1.82) is 0 Å². The maximum atomic E-state index is 8.90. The summed E-state index contributed by atoms with van der Waals surface area (Å²) < 4.78 is 10.6. The number of aliphatic hydroxyl groups excluding tert-OH is 1. The predicted octanol–water partition coefficient (Wildman–Crippen LogP) is 0.910. The molecule has 0 aliphatic carbocycles. The molecule has 1 heterocycles. The van der Waals surface area contributed by atoms with E-state index in [1.165, 1.54) is 6.42 Å². The first-order valence-electron chi connectivity index (χ1n) is 4.20. The second-order valence-corrected chi connectivity index (χ2v) is 2.98. The van der Waals surface area contributed by atoms with Crippen LogP contribution in [0.3, 0.4) is 0 Å². The first-order chi connectivity index (χ1) is 5.29. The first-order valence-corrected chi connectivity index (χ1v) is 4.20. The van der Waals surface area contributed by atoms with Crippen LogP contribution in [-0.4, -0.2) is 30.7 Å². The average Bonchev–Trinajstić information content (AvgIpc) is 2.03. The Balaban J connectivity index is 2.05. The van der Waals surface area contributed by atoms with Crippen LogP contribution in [0.4, 0.5) is 0 Å². The molecule has 0 bridgehead atoms. The lowest BCUT2D eigenvalue weighted by molar-refractivity contribution is -0.173. The van der Waals surface area contributed by atoms with E-state index in [0.29, 0.717) is 6.61 Å². The van der Waals surface area contributed by atoms with Gasteiger partial charge in [-0.2, -0.15) is 0 Å². The summed E-state index contributed by atoms with van der Waals surface area (Å²) in [5.41, 5.74) is 0. The molecule has 11 heavy (non-hydrogen) atoms. The summed E-state index contributed by atoms with van der Waals surface area (Å²) >= 11 is 0. The van der Waals surface area contributed by atoms with Crippen LogP contribution < -0.4 is 0 Å². The number of hydrogen-bond acceptors (Lipinski definition) is 3. The van der Waals surface area contributed by atoms with Gasteiger partial charge in [0.25, 0.3) is 0 Å². The van der Waals surface area contributed by atoms with Crippen molar-refractivity contribution in [2.75, 3.05) is 13.2 Å². The lowest BCUT2D eigenvalue weighted by atomic mass is 10.2. The van der Waals surface area contributed by atoms with Gasteiger partial charge in [0.15, 0.2) is 6.29 Å². The average molecular weight is 160 g/mol. The van der Waals surface area contributed by atoms with Gasteiger partial charge in [-0.1, -0.05) is 0 Å². The van der Waals surface area contributed by atoms with E-state index in [2.05, 4.69) is 0 Å². The molecule has 1 aliphatic heterocycles. The highest BCUT2D eigenvalue weighted by atomic mass is 16.7. The van der Waals surface area contributed by atoms with E-state index in [0.717, 1.165) is 19.4 Å². The van der Waals surface area contributed by atoms with Crippen molar-refractivity contribution in [2.24, 2.45) is 0 Å². The van der Waals surface area contributed by atoms with Crippen LogP contribution in [0, 0.1) is 0 Å². The van der Waals surface area contributed by atoms with Crippen molar-refractivity contribution in [3.63, 3.8) is 0 Å². The van der Waals surface area contributed by atoms with Crippen LogP contribution in [0.2, 0.25) is 0 Å². The van der Waals surface area contributed by atoms with E-state index < -0.39 is 0 Å². The van der Waals surface area contributed by atoms with Gasteiger partial charge in [-0.25, -0.2) is 0 Å². The van der Waals surface area contributed by atoms with Crippen LogP contribution in [-0.2, 0) is 9.47 Å². The maximum absolute atomic E-state index is 8.90. The van der Waals surface area contributed by atoms with Gasteiger partial charge < -0.3 is 14.6 Å². The highest BCUT2D eigenvalue weighted by molar-refractivity contribution is 4.54. The molecule has 3 heteroatoms. The zero-order valence-corrected chi connectivity index (χ0v) is 6.95. The summed E-state index contributed by atoms with van der Waals surface area (Å²) in [4.78, 5) is 0. The molecule has 2 atom stereocenters. The van der Waals surface area contributed by atoms with Crippen molar-refractivity contribution in [1.82, 2.24) is 0 Å². The van der Waals surface area contributed by atoms with Crippen LogP contribution in [0.25, 0.3) is 0 Å². The van der Waals surface area contributed by atoms with E-state index in [9.17, 15) is 0 Å². The third kappa shape index (κ3) is 3.70. The van der Waals surface area contributed by atoms with Gasteiger partial charge in [-0.05, 0) is 26.2 Å². The Labute approximate surface area is 67.3 Å². The zero-order valence-electron chi connectivity index (χ0n) is 6.95. The number of rotatable bonds is 3. The highest BCUT2D eigenvalue weighted by Crippen LogP contribution is 2.13. The molecule has 0 aromatic carbocycles. The smallest absolute Gasteiger partial charge is 0.157 e. The summed E-state index contributed by atoms with van der Waals surface area (Å²) in [6, 6.07) is 0. The third-order valence-corrected chi connectivity index (χ3v) is 1.66. The molecule has 1 saturated heterocycles. The molecule has 0 aromatic rings. The van der Waals surface area contributed by atoms with Crippen molar-refractivity contribution < 1.29 is 14.6 Å². The highest BCUT2D eigenvalue weighted by Gasteiger charge is 2.14. The first kappa shape index (κ1) is 8.97. The number of ether oxygens (including phenoxy) is 2. The van der Waals surface area contributed by atoms with E-state index in [1.807, 2.05) is 0 Å². The summed E-state index contributed by atoms with van der Waals surface area (Å²) in [5.74, 6) is 0. The number of aliphatic hydroxyl groups is 1. The number of hydrogen-bond donors (Lipinski definition) is 1. The predicted molar refractivity (Wildman–Crippen MR) is 41.2 cm³/mol. The lowest BCUT2D eigenvalue weighted by Crippen LogP contribution is -2.25. The van der Waals surface area contributed by atoms with Crippen LogP contribution in [0.15, 0.2) is 0 Å². The minimum absolute atomic E-state index is 0.0710. The van der Waals surface area contributed by atoms with Gasteiger partial charge in [0, 0.05) is 6.61 Å². The van der Waals surface area contributed by atoms with Crippen LogP contribution >= 0.6 is 0 Å². The Morgan fingerprint density at radius 3 is 3.00 bits per heavy atom. The molecular formula is C8H16O3. The molecule has 1 unspecified atom stereocenters. The normalized spacial score (nSPS) is 28.4. The van der Waals surface area contributed by atoms with E-state index in [1.54, 1.807) is 6.92 Å². The second kappa shape index (κ2) is 4.70. The third-order valence-electron chi connectivity index (χ3n) is 1.66. The van der Waals surface area contributed by atoms with Crippen molar-refractivity contribution in [3.05, 3.63) is 0 Å². The van der Waals surface area contributed by atoms with E-state index in [4.69, 9.17) is 14.6 Å². The fourth-order valence-corrected chi connectivity index (χ4v) is 1.09. The fraction of sp³-hybridized carbons (Fsp3) is 1.00. The Hall–Kier alpha value is -0.120. The van der Waals surface area contributed by atoms with Crippen molar-refractivity contribution >= 4 is 0 Å². The Morgan fingerprint density at radius 1 is 1.64 bits per heavy atom. The van der Waals surface area contributed by atoms with Gasteiger partial charge in [0.05, 0.1) is 12.7 Å². The summed E-state index contributed by atoms with van der Waals surface area (Å²) in [6.45, 7) is 2.89. The van der Waals surface area contributed by atoms with E-state index in [-0.39, 0.29) is 12.4 Å². The molecule has 0 amide bonds. The van der Waals surface area contributed by atoms with Crippen molar-refractivity contribution in [2.45, 2.75) is 38.6 Å². The Bertz CT molecular complexity index is 97.5. The standard InChI is InChI=1S/C8H16O3/c1-7(9)6-11-8-4-2-3-5-10-8/h7-9H,2-6H2,1H3/t7-,8?/m0/s1. The molecule has 1 N–H and O–H groups in total. The molecule has 1 aliphatic rings. The molecule has 0 aromatic heterocycles. The van der Waals surface area contributed by atoms with Gasteiger partial charge in [-0.3, -0.25) is 0 Å². The van der Waals surface area contributed by atoms with Crippen LogP contribution in [0.5, 0.6) is 0 Å². The minimum Gasteiger partial charge on any atom is -0.391 e. The van der Waals surface area contributed by atoms with Crippen molar-refractivity contribution in [3.8, 4) is 0 Å². The molecule has 0 radical (unpaired) electrons. The van der Waals surface area contributed by atoms with Gasteiger partial charge in [-0.15, -0.1) is 0 Å². The van der Waals surface area contributed by atoms with Gasteiger partial charge >= 0.3 is 0 Å². The van der Waals surface area contributed by atoms with Gasteiger partial charge in [0.1, 0.15) is 0 Å². The lowest BCUT2D eigenvalue weighted by Gasteiger charge is -2.23. The largest absolute Gasteiger partial charge is 0.391 e. The fourth-order valence-electron chi connectivity index (χ4n) is 1.09. The second-order valence-electron chi connectivity index (χ2n) is 2.98. The molecule has 3 nitrogen and oxygen atoms in total. The SMILES string of the molecule is C[C@H](O)COC1CCCCO1. The summed E-state index contributed by atoms with van der Waals surface area (Å²) in [5, 5.41) is 8.90. The zero-order chi connectivity index (χ0) is 8.10. The monoisotopic (exact) mass is 160 g/mol. The molecule has 1 rings (SSSR count). The maximum Gasteiger partial charge on any atom is 0.157 e. The Kier molecular flexibility index (Phi) is 3.83. The van der Waals surface area contributed by atoms with Gasteiger partial charge in [0.2, 0.25) is 0 Å². The molecule has 0 spiro atoms. The summed E-state index contributed by atoms with van der Waals surface area (Å²) in [7, 11) is 0. The quantitative estimate of drug-likeness (QED) is 0.667. The van der Waals surface area contributed by atoms with Crippen LogP contribution in [0.1, 0.15) is 26.2 Å². The molecule has 0 saturated carbocycles. The van der Waals surface area contributed by atoms with E-state index >= 15 is 0 Å². The minimum atomic E-state index is -0.388.